The lowest BCUT2D eigenvalue weighted by atomic mass is 10.0. The minimum absolute atomic E-state index is 0.419. The number of hydrogen-bond acceptors (Lipinski definition) is 3. The van der Waals surface area contributed by atoms with E-state index < -0.39 is 17.7 Å². The topological polar surface area (TPSA) is 26.7 Å². The molecule has 1 saturated heterocycles. The number of benzene rings is 2. The average Bonchev–Trinajstić information content (AvgIpc) is 2.64. The number of β-amino-alcohol motifs (C(OH)–C–C–N with tert-alkyl or cyclic N) is 1. The van der Waals surface area contributed by atoms with Gasteiger partial charge in [0.2, 0.25) is 0 Å². The number of para-hydroxylation sites is 1. The molecule has 1 aliphatic rings. The molecule has 0 saturated carbocycles. The molecule has 0 bridgehead atoms. The van der Waals surface area contributed by atoms with E-state index in [4.69, 9.17) is 0 Å². The molecular formula is C20H24F2N2O. The van der Waals surface area contributed by atoms with Crippen molar-refractivity contribution in [3.05, 3.63) is 65.7 Å². The largest absolute Gasteiger partial charge is 0.387 e. The fourth-order valence-electron chi connectivity index (χ4n) is 3.43. The highest BCUT2D eigenvalue weighted by atomic mass is 19.2. The lowest BCUT2D eigenvalue weighted by Crippen LogP contribution is -2.44. The van der Waals surface area contributed by atoms with Gasteiger partial charge in [-0.3, -0.25) is 0 Å². The lowest BCUT2D eigenvalue weighted by molar-refractivity contribution is 0.0970. The average molecular weight is 346 g/mol. The van der Waals surface area contributed by atoms with Gasteiger partial charge >= 0.3 is 0 Å². The first-order valence-corrected chi connectivity index (χ1v) is 8.68. The molecule has 2 aromatic rings. The van der Waals surface area contributed by atoms with E-state index in [1.54, 1.807) is 0 Å². The van der Waals surface area contributed by atoms with Gasteiger partial charge in [0.1, 0.15) is 0 Å². The first kappa shape index (κ1) is 17.8. The lowest BCUT2D eigenvalue weighted by Gasteiger charge is -2.38. The maximum Gasteiger partial charge on any atom is 0.159 e. The van der Waals surface area contributed by atoms with Gasteiger partial charge < -0.3 is 14.9 Å². The first-order valence-electron chi connectivity index (χ1n) is 8.68. The quantitative estimate of drug-likeness (QED) is 0.896. The van der Waals surface area contributed by atoms with Crippen molar-refractivity contribution in [1.82, 2.24) is 4.90 Å². The Kier molecular flexibility index (Phi) is 5.66. The van der Waals surface area contributed by atoms with Crippen LogP contribution in [0.5, 0.6) is 0 Å². The second-order valence-electron chi connectivity index (χ2n) is 6.67. The molecule has 1 aliphatic heterocycles. The van der Waals surface area contributed by atoms with Crippen LogP contribution >= 0.6 is 0 Å². The van der Waals surface area contributed by atoms with Crippen LogP contribution in [0, 0.1) is 11.6 Å². The second-order valence-corrected chi connectivity index (χ2v) is 6.67. The summed E-state index contributed by atoms with van der Waals surface area (Å²) in [6.45, 7) is 2.19. The maximum absolute atomic E-state index is 13.3. The summed E-state index contributed by atoms with van der Waals surface area (Å²) in [4.78, 5) is 4.49. The van der Waals surface area contributed by atoms with Crippen molar-refractivity contribution in [2.24, 2.45) is 0 Å². The van der Waals surface area contributed by atoms with Gasteiger partial charge in [0.05, 0.1) is 6.10 Å². The fourth-order valence-corrected chi connectivity index (χ4v) is 3.43. The van der Waals surface area contributed by atoms with Crippen molar-refractivity contribution in [3.8, 4) is 0 Å². The van der Waals surface area contributed by atoms with Crippen molar-refractivity contribution < 1.29 is 13.9 Å². The molecule has 2 aromatic carbocycles. The summed E-state index contributed by atoms with van der Waals surface area (Å²) in [5, 5.41) is 10.3. The highest BCUT2D eigenvalue weighted by molar-refractivity contribution is 5.46. The molecule has 5 heteroatoms. The Bertz CT molecular complexity index is 687. The molecule has 3 nitrogen and oxygen atoms in total. The Morgan fingerprint density at radius 2 is 1.76 bits per heavy atom. The molecule has 1 N–H and O–H groups in total. The molecule has 1 atom stereocenters. The molecule has 3 rings (SSSR count). The zero-order valence-corrected chi connectivity index (χ0v) is 14.4. The molecule has 0 spiro atoms. The third kappa shape index (κ3) is 4.35. The summed E-state index contributed by atoms with van der Waals surface area (Å²) in [6, 6.07) is 14.4. The van der Waals surface area contributed by atoms with Gasteiger partial charge in [-0.2, -0.15) is 0 Å². The summed E-state index contributed by atoms with van der Waals surface area (Å²) >= 11 is 0. The normalized spacial score (nSPS) is 17.4. The minimum atomic E-state index is -0.917. The van der Waals surface area contributed by atoms with E-state index in [-0.39, 0.29) is 0 Å². The van der Waals surface area contributed by atoms with Crippen LogP contribution in [-0.2, 0) is 0 Å². The van der Waals surface area contributed by atoms with E-state index in [1.807, 2.05) is 18.2 Å². The standard InChI is InChI=1S/C20H24F2N2O/c1-23(16-5-3-2-4-6-16)17-9-11-24(12-10-17)14-20(25)15-7-8-18(21)19(22)13-15/h2-8,13,17,20,25H,9-12,14H2,1H3. The van der Waals surface area contributed by atoms with Gasteiger partial charge in [-0.1, -0.05) is 24.3 Å². The Balaban J connectivity index is 1.53. The number of aliphatic hydroxyl groups excluding tert-OH is 1. The van der Waals surface area contributed by atoms with Crippen LogP contribution in [0.25, 0.3) is 0 Å². The summed E-state index contributed by atoms with van der Waals surface area (Å²) < 4.78 is 26.3. The Morgan fingerprint density at radius 1 is 1.08 bits per heavy atom. The third-order valence-electron chi connectivity index (χ3n) is 5.03. The predicted octanol–water partition coefficient (Wildman–Crippen LogP) is 3.60. The fraction of sp³-hybridized carbons (Fsp3) is 0.400. The van der Waals surface area contributed by atoms with Crippen LogP contribution < -0.4 is 4.90 Å². The number of aliphatic hydroxyl groups is 1. The number of halogens is 2. The number of anilines is 1. The Morgan fingerprint density at radius 3 is 2.40 bits per heavy atom. The van der Waals surface area contributed by atoms with E-state index >= 15 is 0 Å². The molecule has 0 amide bonds. The number of hydrogen-bond donors (Lipinski definition) is 1. The highest BCUT2D eigenvalue weighted by Gasteiger charge is 2.24. The number of nitrogens with zero attached hydrogens (tertiary/aromatic N) is 2. The second kappa shape index (κ2) is 7.93. The molecule has 1 unspecified atom stereocenters. The van der Waals surface area contributed by atoms with Gasteiger partial charge in [0.25, 0.3) is 0 Å². The van der Waals surface area contributed by atoms with Crippen molar-refractivity contribution in [3.63, 3.8) is 0 Å². The van der Waals surface area contributed by atoms with Crippen molar-refractivity contribution in [2.45, 2.75) is 25.0 Å². The molecule has 1 fully saturated rings. The summed E-state index contributed by atoms with van der Waals surface area (Å²) in [7, 11) is 2.12. The van der Waals surface area contributed by atoms with Gasteiger partial charge in [0, 0.05) is 38.4 Å². The smallest absolute Gasteiger partial charge is 0.159 e. The van der Waals surface area contributed by atoms with E-state index in [0.717, 1.165) is 38.1 Å². The molecule has 0 radical (unpaired) electrons. The predicted molar refractivity (Wildman–Crippen MR) is 95.6 cm³/mol. The van der Waals surface area contributed by atoms with Crippen LogP contribution in [-0.4, -0.2) is 42.7 Å². The summed E-state index contributed by atoms with van der Waals surface area (Å²) in [5.74, 6) is -1.81. The molecule has 134 valence electrons. The van der Waals surface area contributed by atoms with Crippen molar-refractivity contribution in [1.29, 1.82) is 0 Å². The zero-order chi connectivity index (χ0) is 17.8. The molecule has 0 aromatic heterocycles. The molecule has 0 aliphatic carbocycles. The van der Waals surface area contributed by atoms with Crippen LogP contribution in [0.4, 0.5) is 14.5 Å². The Hall–Kier alpha value is -1.98. The van der Waals surface area contributed by atoms with Crippen LogP contribution in [0.3, 0.4) is 0 Å². The SMILES string of the molecule is CN(c1ccccc1)C1CCN(CC(O)c2ccc(F)c(F)c2)CC1. The van der Waals surface area contributed by atoms with Crippen LogP contribution in [0.2, 0.25) is 0 Å². The third-order valence-corrected chi connectivity index (χ3v) is 5.03. The summed E-state index contributed by atoms with van der Waals surface area (Å²) in [5.41, 5.74) is 1.63. The molecule has 25 heavy (non-hydrogen) atoms. The van der Waals surface area contributed by atoms with Crippen molar-refractivity contribution in [2.75, 3.05) is 31.6 Å². The van der Waals surface area contributed by atoms with E-state index in [0.29, 0.717) is 18.2 Å². The number of piperidine rings is 1. The van der Waals surface area contributed by atoms with E-state index in [1.165, 1.54) is 11.8 Å². The number of rotatable bonds is 5. The summed E-state index contributed by atoms with van der Waals surface area (Å²) in [6.07, 6.45) is 1.21. The minimum Gasteiger partial charge on any atom is -0.387 e. The van der Waals surface area contributed by atoms with Gasteiger partial charge in [-0.25, -0.2) is 8.78 Å². The van der Waals surface area contributed by atoms with Crippen LogP contribution in [0.15, 0.2) is 48.5 Å². The highest BCUT2D eigenvalue weighted by Crippen LogP contribution is 2.24. The Labute approximate surface area is 147 Å². The van der Waals surface area contributed by atoms with Gasteiger partial charge in [-0.05, 0) is 42.7 Å². The monoisotopic (exact) mass is 346 g/mol. The molecule has 1 heterocycles. The van der Waals surface area contributed by atoms with E-state index in [2.05, 4.69) is 29.0 Å². The van der Waals surface area contributed by atoms with Crippen LogP contribution in [0.1, 0.15) is 24.5 Å². The van der Waals surface area contributed by atoms with E-state index in [9.17, 15) is 13.9 Å². The first-order chi connectivity index (χ1) is 12.0. The zero-order valence-electron chi connectivity index (χ0n) is 14.4. The number of likely N-dealkylation sites (tertiary alicyclic amines) is 1. The molecular weight excluding hydrogens is 322 g/mol. The van der Waals surface area contributed by atoms with Gasteiger partial charge in [-0.15, -0.1) is 0 Å². The van der Waals surface area contributed by atoms with Gasteiger partial charge in [0.15, 0.2) is 11.6 Å². The maximum atomic E-state index is 13.3. The van der Waals surface area contributed by atoms with Crippen molar-refractivity contribution >= 4 is 5.69 Å².